The Bertz CT molecular complexity index is 576. The summed E-state index contributed by atoms with van der Waals surface area (Å²) in [5.74, 6) is 1.55. The molecule has 2 aromatic rings. The van der Waals surface area contributed by atoms with Gasteiger partial charge in [0, 0.05) is 57.3 Å². The highest BCUT2D eigenvalue weighted by Gasteiger charge is 2.28. The van der Waals surface area contributed by atoms with Crippen LogP contribution in [0, 0.1) is 5.92 Å². The van der Waals surface area contributed by atoms with Gasteiger partial charge in [-0.25, -0.2) is 4.98 Å². The van der Waals surface area contributed by atoms with Crippen LogP contribution in [0.4, 0.5) is 0 Å². The largest absolute Gasteiger partial charge is 0.373 e. The summed E-state index contributed by atoms with van der Waals surface area (Å²) in [6.45, 7) is 2.57. The van der Waals surface area contributed by atoms with Crippen LogP contribution in [-0.4, -0.2) is 32.5 Å². The molecule has 1 saturated heterocycles. The van der Waals surface area contributed by atoms with Crippen molar-refractivity contribution < 1.29 is 4.74 Å². The molecule has 2 atom stereocenters. The van der Waals surface area contributed by atoms with Crippen molar-refractivity contribution in [2.45, 2.75) is 25.5 Å². The molecular formula is C15H23N5O. The summed E-state index contributed by atoms with van der Waals surface area (Å²) >= 11 is 0. The maximum atomic E-state index is 5.99. The summed E-state index contributed by atoms with van der Waals surface area (Å²) in [5.41, 5.74) is 1.18. The fourth-order valence-corrected chi connectivity index (χ4v) is 2.94. The molecule has 1 aliphatic heterocycles. The van der Waals surface area contributed by atoms with Gasteiger partial charge in [-0.2, -0.15) is 5.10 Å². The number of hydrogen-bond donors (Lipinski definition) is 1. The van der Waals surface area contributed by atoms with Gasteiger partial charge in [-0.05, 0) is 12.8 Å². The molecule has 0 aliphatic carbocycles. The van der Waals surface area contributed by atoms with Crippen molar-refractivity contribution in [1.29, 1.82) is 0 Å². The average Bonchev–Trinajstić information content (AvgIpc) is 3.09. The summed E-state index contributed by atoms with van der Waals surface area (Å²) in [4.78, 5) is 4.33. The smallest absolute Gasteiger partial charge is 0.122 e. The highest BCUT2D eigenvalue weighted by molar-refractivity contribution is 5.10. The Kier molecular flexibility index (Phi) is 4.36. The van der Waals surface area contributed by atoms with Crippen LogP contribution in [0.3, 0.4) is 0 Å². The van der Waals surface area contributed by atoms with E-state index in [1.807, 2.05) is 41.9 Å². The van der Waals surface area contributed by atoms with E-state index >= 15 is 0 Å². The lowest BCUT2D eigenvalue weighted by Gasteiger charge is -2.31. The highest BCUT2D eigenvalue weighted by atomic mass is 16.5. The van der Waals surface area contributed by atoms with Gasteiger partial charge in [0.1, 0.15) is 5.82 Å². The molecule has 21 heavy (non-hydrogen) atoms. The Morgan fingerprint density at radius 1 is 1.43 bits per heavy atom. The molecule has 1 fully saturated rings. The molecule has 2 aromatic heterocycles. The van der Waals surface area contributed by atoms with E-state index in [-0.39, 0.29) is 6.10 Å². The Labute approximate surface area is 125 Å². The number of nitrogens with one attached hydrogen (secondary N) is 1. The van der Waals surface area contributed by atoms with Gasteiger partial charge in [0.15, 0.2) is 0 Å². The third-order valence-corrected chi connectivity index (χ3v) is 4.11. The molecule has 0 aromatic carbocycles. The first-order chi connectivity index (χ1) is 10.2. The monoisotopic (exact) mass is 289 g/mol. The van der Waals surface area contributed by atoms with Crippen molar-refractivity contribution in [3.05, 3.63) is 36.2 Å². The lowest BCUT2D eigenvalue weighted by Crippen LogP contribution is -2.32. The van der Waals surface area contributed by atoms with Crippen molar-refractivity contribution in [3.8, 4) is 0 Å². The molecule has 0 saturated carbocycles. The predicted octanol–water partition coefficient (Wildman–Crippen LogP) is 1.41. The molecule has 3 rings (SSSR count). The van der Waals surface area contributed by atoms with E-state index in [1.54, 1.807) is 0 Å². The zero-order valence-electron chi connectivity index (χ0n) is 12.7. The second-order valence-electron chi connectivity index (χ2n) is 5.73. The number of aromatic nitrogens is 4. The molecule has 0 radical (unpaired) electrons. The molecule has 0 bridgehead atoms. The minimum absolute atomic E-state index is 0.154. The number of aryl methyl sites for hydroxylation is 2. The third kappa shape index (κ3) is 3.33. The van der Waals surface area contributed by atoms with E-state index in [2.05, 4.69) is 21.6 Å². The topological polar surface area (TPSA) is 56.9 Å². The van der Waals surface area contributed by atoms with E-state index in [0.717, 1.165) is 31.9 Å². The first-order valence-electron chi connectivity index (χ1n) is 7.51. The van der Waals surface area contributed by atoms with Crippen LogP contribution in [0.2, 0.25) is 0 Å². The molecule has 1 aliphatic rings. The van der Waals surface area contributed by atoms with Gasteiger partial charge >= 0.3 is 0 Å². The van der Waals surface area contributed by atoms with Gasteiger partial charge in [-0.1, -0.05) is 0 Å². The van der Waals surface area contributed by atoms with Gasteiger partial charge in [-0.3, -0.25) is 4.68 Å². The second-order valence-corrected chi connectivity index (χ2v) is 5.73. The van der Waals surface area contributed by atoms with Crippen molar-refractivity contribution in [2.75, 3.05) is 13.2 Å². The Balaban J connectivity index is 1.58. The van der Waals surface area contributed by atoms with Crippen LogP contribution in [0.1, 0.15) is 30.3 Å². The summed E-state index contributed by atoms with van der Waals surface area (Å²) in [5, 5.41) is 7.78. The summed E-state index contributed by atoms with van der Waals surface area (Å²) in [6.07, 6.45) is 10.3. The maximum absolute atomic E-state index is 5.99. The number of ether oxygens (including phenoxy) is 1. The second kappa shape index (κ2) is 6.41. The van der Waals surface area contributed by atoms with Crippen molar-refractivity contribution in [3.63, 3.8) is 0 Å². The third-order valence-electron chi connectivity index (χ3n) is 4.11. The Morgan fingerprint density at radius 2 is 2.33 bits per heavy atom. The van der Waals surface area contributed by atoms with Crippen LogP contribution in [0.15, 0.2) is 24.8 Å². The van der Waals surface area contributed by atoms with Crippen molar-refractivity contribution in [2.24, 2.45) is 20.0 Å². The quantitative estimate of drug-likeness (QED) is 0.904. The van der Waals surface area contributed by atoms with Crippen LogP contribution in [0.5, 0.6) is 0 Å². The Hall–Kier alpha value is -1.66. The van der Waals surface area contributed by atoms with Crippen LogP contribution < -0.4 is 5.32 Å². The minimum atomic E-state index is 0.154. The van der Waals surface area contributed by atoms with E-state index in [0.29, 0.717) is 5.92 Å². The zero-order chi connectivity index (χ0) is 14.7. The maximum Gasteiger partial charge on any atom is 0.122 e. The van der Waals surface area contributed by atoms with E-state index in [9.17, 15) is 0 Å². The van der Waals surface area contributed by atoms with Crippen molar-refractivity contribution in [1.82, 2.24) is 24.6 Å². The first kappa shape index (κ1) is 14.3. The SMILES string of the molecule is Cn1cc([C@@H]2OCCC[C@H]2CNCc2nccn2C)cn1. The standard InChI is InChI=1S/C15H23N5O/c1-19-6-5-17-14(19)10-16-8-12-4-3-7-21-15(12)13-9-18-20(2)11-13/h5-6,9,11-12,15-16H,3-4,7-8,10H2,1-2H3/t12-,15+/m0/s1. The van der Waals surface area contributed by atoms with Crippen LogP contribution in [0.25, 0.3) is 0 Å². The minimum Gasteiger partial charge on any atom is -0.373 e. The summed E-state index contributed by atoms with van der Waals surface area (Å²) < 4.78 is 9.87. The fourth-order valence-electron chi connectivity index (χ4n) is 2.94. The molecule has 0 spiro atoms. The van der Waals surface area contributed by atoms with E-state index in [4.69, 9.17) is 4.74 Å². The number of rotatable bonds is 5. The Morgan fingerprint density at radius 3 is 3.05 bits per heavy atom. The summed E-state index contributed by atoms with van der Waals surface area (Å²) in [6, 6.07) is 0. The molecule has 3 heterocycles. The fraction of sp³-hybridized carbons (Fsp3) is 0.600. The molecule has 1 N–H and O–H groups in total. The van der Waals surface area contributed by atoms with Gasteiger partial charge in [0.25, 0.3) is 0 Å². The summed E-state index contributed by atoms with van der Waals surface area (Å²) in [7, 11) is 3.97. The molecular weight excluding hydrogens is 266 g/mol. The van der Waals surface area contributed by atoms with E-state index in [1.165, 1.54) is 12.0 Å². The number of nitrogens with zero attached hydrogens (tertiary/aromatic N) is 4. The normalized spacial score (nSPS) is 22.6. The van der Waals surface area contributed by atoms with Gasteiger partial charge < -0.3 is 14.6 Å². The van der Waals surface area contributed by atoms with Crippen LogP contribution >= 0.6 is 0 Å². The lowest BCUT2D eigenvalue weighted by molar-refractivity contribution is -0.0279. The predicted molar refractivity (Wildman–Crippen MR) is 79.5 cm³/mol. The molecule has 0 amide bonds. The van der Waals surface area contributed by atoms with Gasteiger partial charge in [-0.15, -0.1) is 0 Å². The van der Waals surface area contributed by atoms with Crippen molar-refractivity contribution >= 4 is 0 Å². The number of hydrogen-bond acceptors (Lipinski definition) is 4. The molecule has 0 unspecified atom stereocenters. The molecule has 114 valence electrons. The molecule has 6 heteroatoms. The average molecular weight is 289 g/mol. The first-order valence-corrected chi connectivity index (χ1v) is 7.51. The van der Waals surface area contributed by atoms with E-state index < -0.39 is 0 Å². The molecule has 6 nitrogen and oxygen atoms in total. The van der Waals surface area contributed by atoms with Gasteiger partial charge in [0.05, 0.1) is 18.8 Å². The van der Waals surface area contributed by atoms with Crippen LogP contribution in [-0.2, 0) is 25.4 Å². The lowest BCUT2D eigenvalue weighted by atomic mass is 9.91. The van der Waals surface area contributed by atoms with Gasteiger partial charge in [0.2, 0.25) is 0 Å². The highest BCUT2D eigenvalue weighted by Crippen LogP contribution is 2.32. The number of imidazole rings is 1. The zero-order valence-corrected chi connectivity index (χ0v) is 12.7.